The minimum Gasteiger partial charge on any atom is -0.313 e. The van der Waals surface area contributed by atoms with Crippen molar-refractivity contribution in [3.05, 3.63) is 29.8 Å². The minimum atomic E-state index is -4.32. The first-order chi connectivity index (χ1) is 7.90. The number of anilines is 1. The molecule has 0 bridgehead atoms. The van der Waals surface area contributed by atoms with E-state index >= 15 is 0 Å². The molecular formula is C11H11F3N2O. The molecule has 92 valence electrons. The number of amides is 1. The van der Waals surface area contributed by atoms with E-state index in [2.05, 4.69) is 5.32 Å². The number of likely N-dealkylation sites (N-methyl/N-ethyl adjacent to an activating group) is 1. The lowest BCUT2D eigenvalue weighted by Crippen LogP contribution is -2.37. The molecule has 1 aliphatic heterocycles. The number of rotatable bonds is 2. The van der Waals surface area contributed by atoms with Crippen LogP contribution in [0.3, 0.4) is 0 Å². The molecule has 1 N–H and O–H groups in total. The van der Waals surface area contributed by atoms with Crippen LogP contribution in [0.2, 0.25) is 0 Å². The highest BCUT2D eigenvalue weighted by Crippen LogP contribution is 2.34. The molecule has 0 saturated heterocycles. The second kappa shape index (κ2) is 4.03. The Hall–Kier alpha value is -1.56. The summed E-state index contributed by atoms with van der Waals surface area (Å²) in [7, 11) is 1.55. The van der Waals surface area contributed by atoms with Gasteiger partial charge in [0.25, 0.3) is 0 Å². The van der Waals surface area contributed by atoms with E-state index in [-0.39, 0.29) is 5.91 Å². The maximum absolute atomic E-state index is 12.1. The molecule has 0 aliphatic carbocycles. The molecule has 1 aromatic rings. The summed E-state index contributed by atoms with van der Waals surface area (Å²) in [5, 5.41) is 2.24. The van der Waals surface area contributed by atoms with Gasteiger partial charge < -0.3 is 4.90 Å². The summed E-state index contributed by atoms with van der Waals surface area (Å²) >= 11 is 0. The molecule has 0 radical (unpaired) electrons. The molecule has 1 heterocycles. The number of hydrogen-bond acceptors (Lipinski definition) is 2. The first kappa shape index (κ1) is 11.9. The number of para-hydroxylation sites is 1. The Kier molecular flexibility index (Phi) is 2.82. The highest BCUT2D eigenvalue weighted by atomic mass is 19.4. The van der Waals surface area contributed by atoms with Gasteiger partial charge in [-0.15, -0.1) is 0 Å². The van der Waals surface area contributed by atoms with E-state index in [4.69, 9.17) is 0 Å². The van der Waals surface area contributed by atoms with Gasteiger partial charge in [-0.2, -0.15) is 13.2 Å². The van der Waals surface area contributed by atoms with Crippen molar-refractivity contribution in [2.45, 2.75) is 12.2 Å². The van der Waals surface area contributed by atoms with Crippen molar-refractivity contribution in [1.29, 1.82) is 0 Å². The zero-order chi connectivity index (χ0) is 12.6. The molecule has 6 heteroatoms. The summed E-state index contributed by atoms with van der Waals surface area (Å²) in [4.78, 5) is 13.1. The smallest absolute Gasteiger partial charge is 0.313 e. The lowest BCUT2D eigenvalue weighted by Gasteiger charge is -2.14. The van der Waals surface area contributed by atoms with E-state index in [0.717, 1.165) is 0 Å². The molecule has 1 aliphatic rings. The SMILES string of the molecule is CN1C(=O)C(NCC(F)(F)F)c2ccccc21. The lowest BCUT2D eigenvalue weighted by atomic mass is 10.1. The number of halogens is 3. The fourth-order valence-corrected chi connectivity index (χ4v) is 1.90. The fraction of sp³-hybridized carbons (Fsp3) is 0.364. The van der Waals surface area contributed by atoms with Crippen LogP contribution in [-0.2, 0) is 4.79 Å². The van der Waals surface area contributed by atoms with Crippen LogP contribution in [0.5, 0.6) is 0 Å². The first-order valence-electron chi connectivity index (χ1n) is 5.07. The van der Waals surface area contributed by atoms with Gasteiger partial charge in [0.2, 0.25) is 5.91 Å². The molecule has 1 atom stereocenters. The van der Waals surface area contributed by atoms with Crippen LogP contribution < -0.4 is 10.2 Å². The molecule has 2 rings (SSSR count). The van der Waals surface area contributed by atoms with Crippen LogP contribution in [0.15, 0.2) is 24.3 Å². The van der Waals surface area contributed by atoms with Crippen LogP contribution in [-0.4, -0.2) is 25.7 Å². The number of nitrogens with zero attached hydrogens (tertiary/aromatic N) is 1. The van der Waals surface area contributed by atoms with Crippen molar-refractivity contribution >= 4 is 11.6 Å². The van der Waals surface area contributed by atoms with Gasteiger partial charge in [0.15, 0.2) is 0 Å². The maximum atomic E-state index is 12.1. The van der Waals surface area contributed by atoms with E-state index in [1.54, 1.807) is 31.3 Å². The highest BCUT2D eigenvalue weighted by molar-refractivity contribution is 6.04. The Morgan fingerprint density at radius 2 is 2.00 bits per heavy atom. The van der Waals surface area contributed by atoms with E-state index in [9.17, 15) is 18.0 Å². The average molecular weight is 244 g/mol. The van der Waals surface area contributed by atoms with Gasteiger partial charge in [-0.1, -0.05) is 18.2 Å². The summed E-state index contributed by atoms with van der Waals surface area (Å²) in [5.41, 5.74) is 1.24. The molecule has 17 heavy (non-hydrogen) atoms. The third kappa shape index (κ3) is 2.26. The summed E-state index contributed by atoms with van der Waals surface area (Å²) < 4.78 is 36.4. The summed E-state index contributed by atoms with van der Waals surface area (Å²) in [5.74, 6) is -0.365. The predicted molar refractivity (Wildman–Crippen MR) is 56.7 cm³/mol. The molecule has 1 aromatic carbocycles. The number of alkyl halides is 3. The number of benzene rings is 1. The topological polar surface area (TPSA) is 32.3 Å². The molecule has 0 fully saturated rings. The summed E-state index contributed by atoms with van der Waals surface area (Å²) in [6, 6.07) is 5.91. The van der Waals surface area contributed by atoms with Gasteiger partial charge >= 0.3 is 6.18 Å². The molecule has 0 spiro atoms. The van der Waals surface area contributed by atoms with Gasteiger partial charge in [0, 0.05) is 18.3 Å². The molecule has 0 aromatic heterocycles. The Morgan fingerprint density at radius 1 is 1.35 bits per heavy atom. The number of carbonyl (C=O) groups is 1. The molecule has 0 saturated carbocycles. The third-order valence-corrected chi connectivity index (χ3v) is 2.69. The Labute approximate surface area is 96.2 Å². The largest absolute Gasteiger partial charge is 0.401 e. The number of fused-ring (bicyclic) bond motifs is 1. The van der Waals surface area contributed by atoms with E-state index in [0.29, 0.717) is 11.3 Å². The third-order valence-electron chi connectivity index (χ3n) is 2.69. The van der Waals surface area contributed by atoms with Crippen LogP contribution in [0, 0.1) is 0 Å². The second-order valence-electron chi connectivity index (χ2n) is 3.89. The van der Waals surface area contributed by atoms with Gasteiger partial charge in [-0.3, -0.25) is 10.1 Å². The van der Waals surface area contributed by atoms with Gasteiger partial charge in [0.1, 0.15) is 6.04 Å². The summed E-state index contributed by atoms with van der Waals surface area (Å²) in [6.07, 6.45) is -4.32. The van der Waals surface area contributed by atoms with Crippen LogP contribution >= 0.6 is 0 Å². The van der Waals surface area contributed by atoms with Gasteiger partial charge in [-0.25, -0.2) is 0 Å². The Morgan fingerprint density at radius 3 is 2.65 bits per heavy atom. The number of carbonyl (C=O) groups excluding carboxylic acids is 1. The Bertz CT molecular complexity index is 445. The highest BCUT2D eigenvalue weighted by Gasteiger charge is 2.37. The van der Waals surface area contributed by atoms with Crippen LogP contribution in [0.4, 0.5) is 18.9 Å². The fourth-order valence-electron chi connectivity index (χ4n) is 1.90. The van der Waals surface area contributed by atoms with E-state index < -0.39 is 18.8 Å². The summed E-state index contributed by atoms with van der Waals surface area (Å²) in [6.45, 7) is -1.18. The van der Waals surface area contributed by atoms with Crippen molar-refractivity contribution in [1.82, 2.24) is 5.32 Å². The predicted octanol–water partition coefficient (Wildman–Crippen LogP) is 1.86. The first-order valence-corrected chi connectivity index (χ1v) is 5.07. The molecule has 3 nitrogen and oxygen atoms in total. The molecule has 1 unspecified atom stereocenters. The number of nitrogens with one attached hydrogen (secondary N) is 1. The monoisotopic (exact) mass is 244 g/mol. The standard InChI is InChI=1S/C11H11F3N2O/c1-16-8-5-3-2-4-7(8)9(10(16)17)15-6-11(12,13)14/h2-5,9,15H,6H2,1H3. The lowest BCUT2D eigenvalue weighted by molar-refractivity contribution is -0.130. The molecule has 1 amide bonds. The van der Waals surface area contributed by atoms with E-state index in [1.807, 2.05) is 0 Å². The normalized spacial score (nSPS) is 19.6. The van der Waals surface area contributed by atoms with Crippen molar-refractivity contribution in [3.63, 3.8) is 0 Å². The van der Waals surface area contributed by atoms with Crippen molar-refractivity contribution in [3.8, 4) is 0 Å². The maximum Gasteiger partial charge on any atom is 0.401 e. The van der Waals surface area contributed by atoms with Crippen LogP contribution in [0.25, 0.3) is 0 Å². The van der Waals surface area contributed by atoms with Crippen molar-refractivity contribution in [2.24, 2.45) is 0 Å². The zero-order valence-corrected chi connectivity index (χ0v) is 9.08. The molecular weight excluding hydrogens is 233 g/mol. The van der Waals surface area contributed by atoms with Gasteiger partial charge in [-0.05, 0) is 6.07 Å². The van der Waals surface area contributed by atoms with Crippen molar-refractivity contribution in [2.75, 3.05) is 18.5 Å². The van der Waals surface area contributed by atoms with E-state index in [1.165, 1.54) is 4.90 Å². The number of hydrogen-bond donors (Lipinski definition) is 1. The minimum absolute atomic E-state index is 0.365. The average Bonchev–Trinajstić information content (AvgIpc) is 2.49. The quantitative estimate of drug-likeness (QED) is 0.861. The van der Waals surface area contributed by atoms with Crippen molar-refractivity contribution < 1.29 is 18.0 Å². The van der Waals surface area contributed by atoms with Crippen LogP contribution in [0.1, 0.15) is 11.6 Å². The zero-order valence-electron chi connectivity index (χ0n) is 9.08. The Balaban J connectivity index is 2.21. The van der Waals surface area contributed by atoms with Gasteiger partial charge in [0.05, 0.1) is 6.54 Å². The second-order valence-corrected chi connectivity index (χ2v) is 3.89.